The average molecular weight is 502 g/mol. The third kappa shape index (κ3) is 6.44. The van der Waals surface area contributed by atoms with Crippen LogP contribution in [0, 0.1) is 23.2 Å². The van der Waals surface area contributed by atoms with Gasteiger partial charge in [0.25, 0.3) is 0 Å². The molecule has 2 fully saturated rings. The summed E-state index contributed by atoms with van der Waals surface area (Å²) < 4.78 is 12.0. The molecule has 1 aromatic heterocycles. The van der Waals surface area contributed by atoms with E-state index in [9.17, 15) is 5.26 Å². The fourth-order valence-electron chi connectivity index (χ4n) is 5.20. The number of nitrogens with one attached hydrogen (secondary N) is 2. The minimum Gasteiger partial charge on any atom is -0.497 e. The number of nitriles is 1. The van der Waals surface area contributed by atoms with Crippen molar-refractivity contribution in [3.05, 3.63) is 65.6 Å². The molecular weight excluding hydrogens is 462 g/mol. The number of fused-ring (bicyclic) bond motifs is 1. The van der Waals surface area contributed by atoms with Crippen LogP contribution in [0.15, 0.2) is 59.4 Å². The highest BCUT2D eigenvalue weighted by Crippen LogP contribution is 2.33. The molecule has 196 valence electrons. The Morgan fingerprint density at radius 3 is 2.95 bits per heavy atom. The molecule has 0 spiro atoms. The Kier molecular flexibility index (Phi) is 8.28. The Balaban J connectivity index is 1.22. The zero-order valence-corrected chi connectivity index (χ0v) is 21.9. The number of rotatable bonds is 12. The summed E-state index contributed by atoms with van der Waals surface area (Å²) in [5.41, 5.74) is 4.00. The number of aliphatic imine (C=N–C) groups is 1. The lowest BCUT2D eigenvalue weighted by molar-refractivity contribution is 0.0622. The van der Waals surface area contributed by atoms with E-state index < -0.39 is 0 Å². The first-order chi connectivity index (χ1) is 18.1. The first-order valence-corrected chi connectivity index (χ1v) is 13.7. The average Bonchev–Trinajstić information content (AvgIpc) is 3.40. The third-order valence-electron chi connectivity index (χ3n) is 7.69. The fraction of sp³-hybridized carbons (Fsp3) is 0.533. The van der Waals surface area contributed by atoms with Crippen LogP contribution in [0.25, 0.3) is 0 Å². The van der Waals surface area contributed by atoms with Crippen LogP contribution in [0.4, 0.5) is 5.82 Å². The van der Waals surface area contributed by atoms with E-state index in [4.69, 9.17) is 14.5 Å². The van der Waals surface area contributed by atoms with Gasteiger partial charge in [-0.25, -0.2) is 0 Å². The summed E-state index contributed by atoms with van der Waals surface area (Å²) in [4.78, 5) is 10.8. The molecule has 0 bridgehead atoms. The van der Waals surface area contributed by atoms with Gasteiger partial charge < -0.3 is 19.8 Å². The van der Waals surface area contributed by atoms with Crippen LogP contribution >= 0.6 is 0 Å². The number of allylic oxidation sites excluding steroid dienone is 5. The molecule has 7 heteroatoms. The number of nitrogens with zero attached hydrogens (tertiary/aromatic N) is 3. The number of hydrogen-bond donors (Lipinski definition) is 2. The monoisotopic (exact) mass is 501 g/mol. The van der Waals surface area contributed by atoms with Gasteiger partial charge in [-0.3, -0.25) is 9.89 Å². The lowest BCUT2D eigenvalue weighted by Gasteiger charge is -2.23. The van der Waals surface area contributed by atoms with Crippen molar-refractivity contribution in [2.24, 2.45) is 16.8 Å². The number of anilines is 1. The first kappa shape index (κ1) is 25.6. The second-order valence-corrected chi connectivity index (χ2v) is 10.5. The van der Waals surface area contributed by atoms with Crippen LogP contribution in [-0.4, -0.2) is 61.2 Å². The van der Waals surface area contributed by atoms with Gasteiger partial charge in [0.2, 0.25) is 0 Å². The van der Waals surface area contributed by atoms with E-state index in [2.05, 4.69) is 46.1 Å². The zero-order chi connectivity index (χ0) is 25.6. The molecule has 7 nitrogen and oxygen atoms in total. The van der Waals surface area contributed by atoms with E-state index >= 15 is 0 Å². The lowest BCUT2D eigenvalue weighted by Crippen LogP contribution is -2.25. The molecule has 5 rings (SSSR count). The van der Waals surface area contributed by atoms with Crippen LogP contribution in [0.2, 0.25) is 0 Å². The Morgan fingerprint density at radius 1 is 1.35 bits per heavy atom. The molecule has 4 aliphatic rings. The zero-order valence-electron chi connectivity index (χ0n) is 21.9. The van der Waals surface area contributed by atoms with Crippen molar-refractivity contribution in [2.75, 3.05) is 44.8 Å². The SMILES string of the molecule is C=C[C@@H](C/C=C(\C)OCCN1CCCC1)c1cc2c([nH]1)NCN=C2C1=C[C@@H](C#N)C(OCC2CC2)C=C1. The lowest BCUT2D eigenvalue weighted by atomic mass is 9.90. The van der Waals surface area contributed by atoms with Gasteiger partial charge in [-0.2, -0.15) is 5.26 Å². The molecule has 2 aliphatic carbocycles. The van der Waals surface area contributed by atoms with Gasteiger partial charge in [-0.1, -0.05) is 24.3 Å². The van der Waals surface area contributed by atoms with Crippen LogP contribution in [0.5, 0.6) is 0 Å². The van der Waals surface area contributed by atoms with Gasteiger partial charge in [0.1, 0.15) is 19.1 Å². The summed E-state index contributed by atoms with van der Waals surface area (Å²) in [7, 11) is 0. The molecule has 0 amide bonds. The van der Waals surface area contributed by atoms with E-state index in [1.54, 1.807) is 0 Å². The second-order valence-electron chi connectivity index (χ2n) is 10.5. The largest absolute Gasteiger partial charge is 0.497 e. The number of ether oxygens (including phenoxy) is 2. The molecule has 1 unspecified atom stereocenters. The van der Waals surface area contributed by atoms with E-state index in [1.165, 1.54) is 38.8 Å². The summed E-state index contributed by atoms with van der Waals surface area (Å²) in [5.74, 6) is 2.42. The first-order valence-electron chi connectivity index (χ1n) is 13.7. The van der Waals surface area contributed by atoms with E-state index in [1.807, 2.05) is 25.2 Å². The van der Waals surface area contributed by atoms with Crippen molar-refractivity contribution in [2.45, 2.75) is 51.0 Å². The summed E-state index contributed by atoms with van der Waals surface area (Å²) in [6.45, 7) is 11.5. The number of aromatic nitrogens is 1. The van der Waals surface area contributed by atoms with Crippen LogP contribution < -0.4 is 5.32 Å². The van der Waals surface area contributed by atoms with Crippen molar-refractivity contribution in [1.82, 2.24) is 9.88 Å². The number of H-pyrrole nitrogens is 1. The molecule has 1 saturated heterocycles. The number of hydrogen-bond acceptors (Lipinski definition) is 6. The van der Waals surface area contributed by atoms with Crippen LogP contribution in [-0.2, 0) is 9.47 Å². The highest BCUT2D eigenvalue weighted by molar-refractivity contribution is 6.18. The number of aromatic amines is 1. The summed E-state index contributed by atoms with van der Waals surface area (Å²) >= 11 is 0. The molecule has 2 aliphatic heterocycles. The predicted molar refractivity (Wildman–Crippen MR) is 148 cm³/mol. The summed E-state index contributed by atoms with van der Waals surface area (Å²) in [6.07, 6.45) is 15.9. The molecule has 1 aromatic rings. The van der Waals surface area contributed by atoms with Crippen molar-refractivity contribution >= 4 is 11.5 Å². The molecule has 1 saturated carbocycles. The molecular formula is C30H39N5O2. The Hall–Kier alpha value is -3.08. The van der Waals surface area contributed by atoms with Gasteiger partial charge in [-0.15, -0.1) is 6.58 Å². The Bertz CT molecular complexity index is 1130. The standard InChI is InChI=1S/C30H39N5O2/c1-3-23(9-6-21(2)36-15-14-35-12-4-5-13-35)27-17-26-29(32-20-33-30(26)34-27)24-10-11-28(25(16-24)18-31)37-19-22-7-8-22/h3,6,10-11,16-17,22-23,25,28,33-34H,1,4-5,7-9,12-15,19-20H2,2H3/b21-6+/t23-,25-,28?/m0/s1. The topological polar surface area (TPSA) is 85.7 Å². The maximum atomic E-state index is 9.78. The highest BCUT2D eigenvalue weighted by atomic mass is 16.5. The molecule has 0 radical (unpaired) electrons. The van der Waals surface area contributed by atoms with Gasteiger partial charge in [0.15, 0.2) is 0 Å². The van der Waals surface area contributed by atoms with Crippen LogP contribution in [0.1, 0.15) is 56.2 Å². The normalized spacial score (nSPS) is 24.5. The van der Waals surface area contributed by atoms with E-state index in [-0.39, 0.29) is 17.9 Å². The van der Waals surface area contributed by atoms with E-state index in [0.717, 1.165) is 60.3 Å². The Labute approximate surface area is 220 Å². The molecule has 0 aromatic carbocycles. The fourth-order valence-corrected chi connectivity index (χ4v) is 5.20. The summed E-state index contributed by atoms with van der Waals surface area (Å²) in [5, 5.41) is 13.1. The van der Waals surface area contributed by atoms with Gasteiger partial charge >= 0.3 is 0 Å². The molecule has 3 atom stereocenters. The van der Waals surface area contributed by atoms with Gasteiger partial charge in [0.05, 0.1) is 36.2 Å². The van der Waals surface area contributed by atoms with E-state index in [0.29, 0.717) is 12.6 Å². The van der Waals surface area contributed by atoms with Gasteiger partial charge in [-0.05, 0) is 75.8 Å². The maximum absolute atomic E-state index is 9.78. The van der Waals surface area contributed by atoms with Crippen molar-refractivity contribution in [3.8, 4) is 6.07 Å². The van der Waals surface area contributed by atoms with Crippen molar-refractivity contribution < 1.29 is 9.47 Å². The van der Waals surface area contributed by atoms with Crippen LogP contribution in [0.3, 0.4) is 0 Å². The smallest absolute Gasteiger partial charge is 0.114 e. The minimum absolute atomic E-state index is 0.133. The predicted octanol–water partition coefficient (Wildman–Crippen LogP) is 5.29. The second kappa shape index (κ2) is 12.0. The van der Waals surface area contributed by atoms with Crippen molar-refractivity contribution in [3.63, 3.8) is 0 Å². The third-order valence-corrected chi connectivity index (χ3v) is 7.69. The quantitative estimate of drug-likeness (QED) is 0.300. The van der Waals surface area contributed by atoms with Crippen molar-refractivity contribution in [1.29, 1.82) is 5.26 Å². The maximum Gasteiger partial charge on any atom is 0.114 e. The Morgan fingerprint density at radius 2 is 2.19 bits per heavy atom. The molecule has 37 heavy (non-hydrogen) atoms. The summed E-state index contributed by atoms with van der Waals surface area (Å²) in [6, 6.07) is 4.58. The highest BCUT2D eigenvalue weighted by Gasteiger charge is 2.29. The number of likely N-dealkylation sites (tertiary alicyclic amines) is 1. The molecule has 2 N–H and O–H groups in total. The van der Waals surface area contributed by atoms with Gasteiger partial charge in [0, 0.05) is 23.7 Å². The molecule has 3 heterocycles. The minimum atomic E-state index is -0.308.